The van der Waals surface area contributed by atoms with Crippen LogP contribution in [0.4, 0.5) is 0 Å². The van der Waals surface area contributed by atoms with Crippen molar-refractivity contribution in [1.82, 2.24) is 9.97 Å². The van der Waals surface area contributed by atoms with Gasteiger partial charge in [0.1, 0.15) is 5.52 Å². The first-order chi connectivity index (χ1) is 11.9. The predicted octanol–water partition coefficient (Wildman–Crippen LogP) is 6.08. The largest absolute Gasteiger partial charge is 0.440 e. The fourth-order valence-electron chi connectivity index (χ4n) is 3.10. The molecule has 0 saturated carbocycles. The lowest BCUT2D eigenvalue weighted by molar-refractivity contribution is 0.381. The number of aromatic nitrogens is 2. The number of benzene rings is 2. The first-order valence-electron chi connectivity index (χ1n) is 8.68. The molecule has 0 atom stereocenters. The van der Waals surface area contributed by atoms with E-state index in [1.165, 1.54) is 15.3 Å². The van der Waals surface area contributed by atoms with Gasteiger partial charge in [-0.15, -0.1) is 11.3 Å². The lowest BCUT2D eigenvalue weighted by Crippen LogP contribution is -2.20. The van der Waals surface area contributed by atoms with Gasteiger partial charge in [0.05, 0.1) is 15.2 Å². The highest BCUT2D eigenvalue weighted by atomic mass is 32.1. The zero-order valence-electron chi connectivity index (χ0n) is 15.0. The SMILES string of the molecule is CC(C)c1nc2cc(CC(C)(C)c3nc4ccccc4o3)ccc2s1. The Hall–Kier alpha value is -2.20. The molecule has 0 aliphatic carbocycles. The Morgan fingerprint density at radius 2 is 1.84 bits per heavy atom. The molecule has 0 N–H and O–H groups in total. The van der Waals surface area contributed by atoms with Crippen LogP contribution in [0.25, 0.3) is 21.3 Å². The first kappa shape index (κ1) is 16.3. The molecule has 4 rings (SSSR count). The molecule has 0 radical (unpaired) electrons. The van der Waals surface area contributed by atoms with Crippen molar-refractivity contribution in [3.05, 3.63) is 58.9 Å². The molecule has 0 amide bonds. The van der Waals surface area contributed by atoms with E-state index in [2.05, 4.69) is 50.9 Å². The monoisotopic (exact) mass is 350 g/mol. The normalized spacial score (nSPS) is 12.5. The van der Waals surface area contributed by atoms with E-state index >= 15 is 0 Å². The topological polar surface area (TPSA) is 38.9 Å². The van der Waals surface area contributed by atoms with Crippen LogP contribution in [0.15, 0.2) is 46.9 Å². The van der Waals surface area contributed by atoms with E-state index in [1.54, 1.807) is 11.3 Å². The summed E-state index contributed by atoms with van der Waals surface area (Å²) >= 11 is 1.79. The van der Waals surface area contributed by atoms with Gasteiger partial charge in [0.2, 0.25) is 5.89 Å². The lowest BCUT2D eigenvalue weighted by Gasteiger charge is -2.20. The van der Waals surface area contributed by atoms with Crippen molar-refractivity contribution < 1.29 is 4.42 Å². The van der Waals surface area contributed by atoms with Gasteiger partial charge in [-0.1, -0.05) is 45.9 Å². The highest BCUT2D eigenvalue weighted by Gasteiger charge is 2.27. The Morgan fingerprint density at radius 1 is 1.04 bits per heavy atom. The minimum atomic E-state index is -0.177. The summed E-state index contributed by atoms with van der Waals surface area (Å²) in [7, 11) is 0. The van der Waals surface area contributed by atoms with Gasteiger partial charge < -0.3 is 4.42 Å². The summed E-state index contributed by atoms with van der Waals surface area (Å²) in [6.45, 7) is 8.75. The molecule has 0 spiro atoms. The van der Waals surface area contributed by atoms with Gasteiger partial charge >= 0.3 is 0 Å². The summed E-state index contributed by atoms with van der Waals surface area (Å²) < 4.78 is 7.26. The molecule has 0 unspecified atom stereocenters. The molecule has 0 bridgehead atoms. The molecular formula is C21H22N2OS. The molecular weight excluding hydrogens is 328 g/mol. The Kier molecular flexibility index (Phi) is 3.88. The van der Waals surface area contributed by atoms with Crippen LogP contribution >= 0.6 is 11.3 Å². The summed E-state index contributed by atoms with van der Waals surface area (Å²) in [5.41, 5.74) is 3.95. The Balaban J connectivity index is 1.66. The summed E-state index contributed by atoms with van der Waals surface area (Å²) in [5, 5.41) is 1.20. The molecule has 25 heavy (non-hydrogen) atoms. The van der Waals surface area contributed by atoms with Crippen LogP contribution in [-0.4, -0.2) is 9.97 Å². The molecule has 2 aromatic carbocycles. The fraction of sp³-hybridized carbons (Fsp3) is 0.333. The van der Waals surface area contributed by atoms with Gasteiger partial charge in [-0.3, -0.25) is 0 Å². The maximum Gasteiger partial charge on any atom is 0.201 e. The third kappa shape index (κ3) is 3.07. The molecule has 0 saturated heterocycles. The average Bonchev–Trinajstić information content (AvgIpc) is 3.18. The molecule has 2 aromatic heterocycles. The van der Waals surface area contributed by atoms with E-state index in [0.717, 1.165) is 28.9 Å². The number of nitrogens with zero attached hydrogens (tertiary/aromatic N) is 2. The highest BCUT2D eigenvalue weighted by Crippen LogP contribution is 2.32. The van der Waals surface area contributed by atoms with E-state index in [0.29, 0.717) is 5.92 Å². The molecule has 0 fully saturated rings. The number of rotatable bonds is 4. The zero-order valence-corrected chi connectivity index (χ0v) is 15.9. The van der Waals surface area contributed by atoms with Gasteiger partial charge in [-0.25, -0.2) is 9.97 Å². The molecule has 4 aromatic rings. The number of thiazole rings is 1. The maximum absolute atomic E-state index is 6.00. The van der Waals surface area contributed by atoms with E-state index < -0.39 is 0 Å². The molecule has 0 aliphatic rings. The van der Waals surface area contributed by atoms with Crippen LogP contribution in [0, 0.1) is 0 Å². The van der Waals surface area contributed by atoms with Crippen LogP contribution in [0.1, 0.15) is 50.1 Å². The Labute approximate surface area is 151 Å². The van der Waals surface area contributed by atoms with Crippen molar-refractivity contribution in [2.24, 2.45) is 0 Å². The second kappa shape index (κ2) is 5.95. The molecule has 4 heteroatoms. The third-order valence-corrected chi connectivity index (χ3v) is 5.82. The molecule has 3 nitrogen and oxygen atoms in total. The Bertz CT molecular complexity index is 1010. The van der Waals surface area contributed by atoms with Crippen LogP contribution in [-0.2, 0) is 11.8 Å². The second-order valence-corrected chi connectivity index (χ2v) is 8.62. The van der Waals surface area contributed by atoms with E-state index in [-0.39, 0.29) is 5.41 Å². The first-order valence-corrected chi connectivity index (χ1v) is 9.49. The number of para-hydroxylation sites is 2. The van der Waals surface area contributed by atoms with Crippen LogP contribution in [0.5, 0.6) is 0 Å². The van der Waals surface area contributed by atoms with Crippen molar-refractivity contribution in [1.29, 1.82) is 0 Å². The van der Waals surface area contributed by atoms with Gasteiger partial charge in [-0.2, -0.15) is 0 Å². The van der Waals surface area contributed by atoms with E-state index in [4.69, 9.17) is 9.40 Å². The minimum absolute atomic E-state index is 0.177. The predicted molar refractivity (Wildman–Crippen MR) is 104 cm³/mol. The summed E-state index contributed by atoms with van der Waals surface area (Å²) in [5.74, 6) is 1.26. The molecule has 0 aliphatic heterocycles. The van der Waals surface area contributed by atoms with Crippen LogP contribution in [0.2, 0.25) is 0 Å². The van der Waals surface area contributed by atoms with Gasteiger partial charge in [-0.05, 0) is 36.2 Å². The summed E-state index contributed by atoms with van der Waals surface area (Å²) in [6.07, 6.45) is 0.865. The third-order valence-electron chi connectivity index (χ3n) is 4.48. The molecule has 2 heterocycles. The zero-order chi connectivity index (χ0) is 17.6. The average molecular weight is 350 g/mol. The highest BCUT2D eigenvalue weighted by molar-refractivity contribution is 7.18. The van der Waals surface area contributed by atoms with Crippen molar-refractivity contribution in [3.8, 4) is 0 Å². The maximum atomic E-state index is 6.00. The van der Waals surface area contributed by atoms with Crippen molar-refractivity contribution in [2.45, 2.75) is 45.4 Å². The van der Waals surface area contributed by atoms with Gasteiger partial charge in [0.25, 0.3) is 0 Å². The second-order valence-electron chi connectivity index (χ2n) is 7.56. The van der Waals surface area contributed by atoms with Crippen molar-refractivity contribution in [2.75, 3.05) is 0 Å². The summed E-state index contributed by atoms with van der Waals surface area (Å²) in [6, 6.07) is 14.5. The van der Waals surface area contributed by atoms with Crippen LogP contribution < -0.4 is 0 Å². The quantitative estimate of drug-likeness (QED) is 0.447. The fourth-order valence-corrected chi connectivity index (χ4v) is 4.05. The lowest BCUT2D eigenvalue weighted by atomic mass is 9.85. The Morgan fingerprint density at radius 3 is 2.60 bits per heavy atom. The molecule has 128 valence electrons. The number of hydrogen-bond acceptors (Lipinski definition) is 4. The number of oxazole rings is 1. The minimum Gasteiger partial charge on any atom is -0.440 e. The van der Waals surface area contributed by atoms with E-state index in [9.17, 15) is 0 Å². The van der Waals surface area contributed by atoms with Crippen molar-refractivity contribution in [3.63, 3.8) is 0 Å². The smallest absolute Gasteiger partial charge is 0.201 e. The van der Waals surface area contributed by atoms with Gasteiger partial charge in [0, 0.05) is 11.3 Å². The number of fused-ring (bicyclic) bond motifs is 2. The van der Waals surface area contributed by atoms with Crippen molar-refractivity contribution >= 4 is 32.7 Å². The summed E-state index contributed by atoms with van der Waals surface area (Å²) in [4.78, 5) is 9.48. The van der Waals surface area contributed by atoms with E-state index in [1.807, 2.05) is 24.3 Å². The van der Waals surface area contributed by atoms with Crippen LogP contribution in [0.3, 0.4) is 0 Å². The number of hydrogen-bond donors (Lipinski definition) is 0. The standard InChI is InChI=1S/C21H22N2OS/c1-13(2)19-22-16-11-14(9-10-18(16)25-19)12-21(3,4)20-23-15-7-5-6-8-17(15)24-20/h5-11,13H,12H2,1-4H3. The van der Waals surface area contributed by atoms with Gasteiger partial charge in [0.15, 0.2) is 5.58 Å².